The van der Waals surface area contributed by atoms with E-state index < -0.39 is 11.7 Å². The number of pyridine rings is 1. The van der Waals surface area contributed by atoms with Crippen molar-refractivity contribution in [3.05, 3.63) is 57.6 Å². The van der Waals surface area contributed by atoms with E-state index in [4.69, 9.17) is 23.2 Å². The third-order valence-electron chi connectivity index (χ3n) is 2.44. The minimum Gasteiger partial charge on any atom is -0.319 e. The van der Waals surface area contributed by atoms with Gasteiger partial charge in [0.15, 0.2) is 0 Å². The fraction of sp³-hybridized carbons (Fsp3) is 0.0769. The Bertz CT molecular complexity index is 647. The molecular weight excluding hydrogens is 290 g/mol. The molecule has 3 nitrogen and oxygen atoms in total. The number of amides is 1. The van der Waals surface area contributed by atoms with Crippen LogP contribution in [0.25, 0.3) is 0 Å². The molecule has 0 radical (unpaired) electrons. The predicted molar refractivity (Wildman–Crippen MR) is 73.3 cm³/mol. The second-order valence-corrected chi connectivity index (χ2v) is 4.72. The predicted octanol–water partition coefficient (Wildman–Crippen LogP) is 4.09. The average molecular weight is 299 g/mol. The van der Waals surface area contributed by atoms with Gasteiger partial charge in [0, 0.05) is 6.20 Å². The zero-order valence-electron chi connectivity index (χ0n) is 9.88. The number of carbonyl (C=O) groups excluding carboxylic acids is 1. The van der Waals surface area contributed by atoms with Gasteiger partial charge in [-0.3, -0.25) is 4.79 Å². The largest absolute Gasteiger partial charge is 0.319 e. The van der Waals surface area contributed by atoms with Crippen molar-refractivity contribution in [2.24, 2.45) is 0 Å². The van der Waals surface area contributed by atoms with Crippen LogP contribution in [0.5, 0.6) is 0 Å². The van der Waals surface area contributed by atoms with Crippen LogP contribution in [0.2, 0.25) is 10.2 Å². The molecule has 6 heteroatoms. The van der Waals surface area contributed by atoms with E-state index in [-0.39, 0.29) is 21.4 Å². The summed E-state index contributed by atoms with van der Waals surface area (Å²) in [6.45, 7) is 1.76. The molecule has 19 heavy (non-hydrogen) atoms. The van der Waals surface area contributed by atoms with Gasteiger partial charge in [0.25, 0.3) is 5.91 Å². The number of rotatable bonds is 2. The highest BCUT2D eigenvalue weighted by molar-refractivity contribution is 6.35. The SMILES string of the molecule is Cc1ccc(NC(=O)c2cc(Cl)ncc2Cl)c(F)c1. The molecule has 98 valence electrons. The minimum absolute atomic E-state index is 0.0830. The summed E-state index contributed by atoms with van der Waals surface area (Å²) < 4.78 is 13.6. The van der Waals surface area contributed by atoms with Gasteiger partial charge in [-0.05, 0) is 30.7 Å². The Morgan fingerprint density at radius 2 is 2.05 bits per heavy atom. The molecule has 0 aliphatic carbocycles. The van der Waals surface area contributed by atoms with Crippen molar-refractivity contribution in [3.8, 4) is 0 Å². The lowest BCUT2D eigenvalue weighted by Crippen LogP contribution is -2.13. The molecule has 1 N–H and O–H groups in total. The van der Waals surface area contributed by atoms with Crippen LogP contribution in [0.15, 0.2) is 30.5 Å². The number of nitrogens with zero attached hydrogens (tertiary/aromatic N) is 1. The van der Waals surface area contributed by atoms with Crippen molar-refractivity contribution in [1.82, 2.24) is 4.98 Å². The van der Waals surface area contributed by atoms with Gasteiger partial charge in [0.2, 0.25) is 0 Å². The molecule has 0 bridgehead atoms. The van der Waals surface area contributed by atoms with Crippen molar-refractivity contribution in [1.29, 1.82) is 0 Å². The average Bonchev–Trinajstić information content (AvgIpc) is 2.35. The van der Waals surface area contributed by atoms with Crippen LogP contribution in [0, 0.1) is 12.7 Å². The van der Waals surface area contributed by atoms with Crippen molar-refractivity contribution in [3.63, 3.8) is 0 Å². The summed E-state index contributed by atoms with van der Waals surface area (Å²) in [6.07, 6.45) is 1.27. The highest BCUT2D eigenvalue weighted by Gasteiger charge is 2.13. The number of carbonyl (C=O) groups is 1. The van der Waals surface area contributed by atoms with Gasteiger partial charge in [0.05, 0.1) is 16.3 Å². The molecule has 0 spiro atoms. The van der Waals surface area contributed by atoms with Gasteiger partial charge in [0.1, 0.15) is 11.0 Å². The Hall–Kier alpha value is -1.65. The summed E-state index contributed by atoms with van der Waals surface area (Å²) in [5, 5.41) is 2.72. The number of aromatic nitrogens is 1. The van der Waals surface area contributed by atoms with E-state index in [0.717, 1.165) is 5.56 Å². The Kier molecular flexibility index (Phi) is 4.02. The smallest absolute Gasteiger partial charge is 0.257 e. The normalized spacial score (nSPS) is 10.3. The number of hydrogen-bond acceptors (Lipinski definition) is 2. The fourth-order valence-corrected chi connectivity index (χ4v) is 1.85. The van der Waals surface area contributed by atoms with Crippen LogP contribution in [-0.2, 0) is 0 Å². The summed E-state index contributed by atoms with van der Waals surface area (Å²) in [5.74, 6) is -1.05. The van der Waals surface area contributed by atoms with Gasteiger partial charge in [-0.2, -0.15) is 0 Å². The van der Waals surface area contributed by atoms with Gasteiger partial charge < -0.3 is 5.32 Å². The molecule has 1 amide bonds. The van der Waals surface area contributed by atoms with Gasteiger partial charge in [-0.15, -0.1) is 0 Å². The summed E-state index contributed by atoms with van der Waals surface area (Å²) in [5.41, 5.74) is 0.988. The van der Waals surface area contributed by atoms with E-state index in [1.165, 1.54) is 24.4 Å². The van der Waals surface area contributed by atoms with Crippen LogP contribution in [0.1, 0.15) is 15.9 Å². The van der Waals surface area contributed by atoms with Crippen molar-refractivity contribution >= 4 is 34.8 Å². The topological polar surface area (TPSA) is 42.0 Å². The standard InChI is InChI=1S/C13H9Cl2FN2O/c1-7-2-3-11(10(16)4-7)18-13(19)8-5-12(15)17-6-9(8)14/h2-6H,1H3,(H,18,19). The molecule has 1 aromatic heterocycles. The third kappa shape index (κ3) is 3.22. The maximum Gasteiger partial charge on any atom is 0.257 e. The molecule has 2 aromatic rings. The fourth-order valence-electron chi connectivity index (χ4n) is 1.50. The second-order valence-electron chi connectivity index (χ2n) is 3.92. The first-order valence-electron chi connectivity index (χ1n) is 5.36. The number of benzene rings is 1. The quantitative estimate of drug-likeness (QED) is 0.849. The van der Waals surface area contributed by atoms with E-state index in [2.05, 4.69) is 10.3 Å². The maximum atomic E-state index is 13.6. The molecule has 0 saturated heterocycles. The van der Waals surface area contributed by atoms with E-state index >= 15 is 0 Å². The third-order valence-corrected chi connectivity index (χ3v) is 2.95. The molecule has 0 aliphatic rings. The molecule has 0 aliphatic heterocycles. The van der Waals surface area contributed by atoms with Crippen molar-refractivity contribution in [2.45, 2.75) is 6.92 Å². The summed E-state index contributed by atoms with van der Waals surface area (Å²) in [6, 6.07) is 5.83. The molecule has 1 heterocycles. The van der Waals surface area contributed by atoms with Crippen LogP contribution >= 0.6 is 23.2 Å². The monoisotopic (exact) mass is 298 g/mol. The van der Waals surface area contributed by atoms with E-state index in [1.54, 1.807) is 13.0 Å². The van der Waals surface area contributed by atoms with Crippen LogP contribution < -0.4 is 5.32 Å². The maximum absolute atomic E-state index is 13.6. The molecule has 0 fully saturated rings. The van der Waals surface area contributed by atoms with Gasteiger partial charge in [-0.25, -0.2) is 9.37 Å². The Balaban J connectivity index is 2.28. The lowest BCUT2D eigenvalue weighted by Gasteiger charge is -2.08. The van der Waals surface area contributed by atoms with Crippen LogP contribution in [0.3, 0.4) is 0 Å². The highest BCUT2D eigenvalue weighted by atomic mass is 35.5. The Labute approximate surface area is 119 Å². The molecular formula is C13H9Cl2FN2O. The number of nitrogens with one attached hydrogen (secondary N) is 1. The lowest BCUT2D eigenvalue weighted by molar-refractivity contribution is 0.102. The number of halogens is 3. The molecule has 0 unspecified atom stereocenters. The van der Waals surface area contributed by atoms with Crippen molar-refractivity contribution < 1.29 is 9.18 Å². The van der Waals surface area contributed by atoms with Gasteiger partial charge in [-0.1, -0.05) is 29.3 Å². The number of anilines is 1. The molecule has 1 aromatic carbocycles. The first kappa shape index (κ1) is 13.8. The molecule has 0 atom stereocenters. The number of aryl methyl sites for hydroxylation is 1. The Morgan fingerprint density at radius 3 is 2.74 bits per heavy atom. The van der Waals surface area contributed by atoms with E-state index in [0.29, 0.717) is 0 Å². The van der Waals surface area contributed by atoms with Gasteiger partial charge >= 0.3 is 0 Å². The van der Waals surface area contributed by atoms with Crippen LogP contribution in [0.4, 0.5) is 10.1 Å². The highest BCUT2D eigenvalue weighted by Crippen LogP contribution is 2.21. The zero-order valence-corrected chi connectivity index (χ0v) is 11.4. The number of hydrogen-bond donors (Lipinski definition) is 1. The second kappa shape index (κ2) is 5.55. The summed E-state index contributed by atoms with van der Waals surface area (Å²) in [4.78, 5) is 15.7. The van der Waals surface area contributed by atoms with Crippen LogP contribution in [-0.4, -0.2) is 10.9 Å². The summed E-state index contributed by atoms with van der Waals surface area (Å²) >= 11 is 11.5. The zero-order chi connectivity index (χ0) is 14.0. The Morgan fingerprint density at radius 1 is 1.32 bits per heavy atom. The van der Waals surface area contributed by atoms with Crippen molar-refractivity contribution in [2.75, 3.05) is 5.32 Å². The first-order chi connectivity index (χ1) is 8.97. The molecule has 0 saturated carbocycles. The summed E-state index contributed by atoms with van der Waals surface area (Å²) in [7, 11) is 0. The van der Waals surface area contributed by atoms with E-state index in [1.807, 2.05) is 0 Å². The lowest BCUT2D eigenvalue weighted by atomic mass is 10.2. The van der Waals surface area contributed by atoms with E-state index in [9.17, 15) is 9.18 Å². The first-order valence-corrected chi connectivity index (χ1v) is 6.11. The minimum atomic E-state index is -0.544. The molecule has 2 rings (SSSR count).